The lowest BCUT2D eigenvalue weighted by Crippen LogP contribution is -2.20. The van der Waals surface area contributed by atoms with Crippen molar-refractivity contribution < 1.29 is 4.74 Å². The molecule has 4 nitrogen and oxygen atoms in total. The quantitative estimate of drug-likeness (QED) is 0.695. The standard InChI is InChI=1S/C13H17N3O/c14-11(12-7-4-8-17-12)9-13(15)16-10-5-2-1-3-6-10/h1-3,5-6,9,12,14,16H,4,7-8,15H2/b13-9-,14-11?. The third-order valence-electron chi connectivity index (χ3n) is 2.65. The van der Waals surface area contributed by atoms with E-state index in [1.165, 1.54) is 0 Å². The molecule has 4 heteroatoms. The van der Waals surface area contributed by atoms with Gasteiger partial charge >= 0.3 is 0 Å². The van der Waals surface area contributed by atoms with Gasteiger partial charge in [0.15, 0.2) is 0 Å². The molecule has 0 radical (unpaired) electrons. The SMILES string of the molecule is N=C(/C=C(/N)Nc1ccccc1)C1CCCO1. The van der Waals surface area contributed by atoms with Gasteiger partial charge < -0.3 is 21.2 Å². The Morgan fingerprint density at radius 1 is 1.41 bits per heavy atom. The lowest BCUT2D eigenvalue weighted by Gasteiger charge is -2.10. The molecule has 1 heterocycles. The Morgan fingerprint density at radius 2 is 2.18 bits per heavy atom. The summed E-state index contributed by atoms with van der Waals surface area (Å²) in [5.74, 6) is 0.469. The number of hydrogen-bond donors (Lipinski definition) is 3. The molecule has 0 spiro atoms. The molecule has 0 aromatic heterocycles. The number of anilines is 1. The molecule has 1 fully saturated rings. The van der Waals surface area contributed by atoms with Crippen LogP contribution < -0.4 is 11.1 Å². The predicted octanol–water partition coefficient (Wildman–Crippen LogP) is 2.10. The van der Waals surface area contributed by atoms with E-state index in [1.807, 2.05) is 30.3 Å². The Hall–Kier alpha value is -1.81. The first-order chi connectivity index (χ1) is 8.25. The number of ether oxygens (including phenoxy) is 1. The summed E-state index contributed by atoms with van der Waals surface area (Å²) < 4.78 is 5.41. The molecular weight excluding hydrogens is 214 g/mol. The first-order valence-corrected chi connectivity index (χ1v) is 5.75. The van der Waals surface area contributed by atoms with Crippen LogP contribution >= 0.6 is 0 Å². The summed E-state index contributed by atoms with van der Waals surface area (Å²) in [6, 6.07) is 9.66. The molecular formula is C13H17N3O. The van der Waals surface area contributed by atoms with Crippen molar-refractivity contribution in [1.82, 2.24) is 0 Å². The number of benzene rings is 1. The summed E-state index contributed by atoms with van der Waals surface area (Å²) in [7, 11) is 0. The fourth-order valence-corrected chi connectivity index (χ4v) is 1.81. The number of hydrogen-bond acceptors (Lipinski definition) is 4. The van der Waals surface area contributed by atoms with Gasteiger partial charge in [-0.1, -0.05) is 18.2 Å². The first-order valence-electron chi connectivity index (χ1n) is 5.75. The van der Waals surface area contributed by atoms with Crippen LogP contribution in [-0.2, 0) is 4.74 Å². The van der Waals surface area contributed by atoms with Gasteiger partial charge in [0, 0.05) is 18.4 Å². The van der Waals surface area contributed by atoms with E-state index in [0.717, 1.165) is 25.1 Å². The summed E-state index contributed by atoms with van der Waals surface area (Å²) in [6.07, 6.45) is 3.47. The zero-order chi connectivity index (χ0) is 12.1. The maximum absolute atomic E-state index is 7.86. The molecule has 90 valence electrons. The highest BCUT2D eigenvalue weighted by Gasteiger charge is 2.18. The smallest absolute Gasteiger partial charge is 0.102 e. The van der Waals surface area contributed by atoms with Crippen molar-refractivity contribution in [2.45, 2.75) is 18.9 Å². The van der Waals surface area contributed by atoms with Gasteiger partial charge in [0.25, 0.3) is 0 Å². The van der Waals surface area contributed by atoms with E-state index in [0.29, 0.717) is 11.5 Å². The molecule has 4 N–H and O–H groups in total. The largest absolute Gasteiger partial charge is 0.385 e. The Labute approximate surface area is 101 Å². The molecule has 0 saturated carbocycles. The normalized spacial score (nSPS) is 20.2. The van der Waals surface area contributed by atoms with E-state index < -0.39 is 0 Å². The van der Waals surface area contributed by atoms with Crippen LogP contribution in [0.4, 0.5) is 5.69 Å². The lowest BCUT2D eigenvalue weighted by atomic mass is 10.1. The highest BCUT2D eigenvalue weighted by molar-refractivity contribution is 5.96. The Kier molecular flexibility index (Phi) is 3.77. The summed E-state index contributed by atoms with van der Waals surface area (Å²) in [5.41, 5.74) is 7.18. The van der Waals surface area contributed by atoms with E-state index in [-0.39, 0.29) is 6.10 Å². The van der Waals surface area contributed by atoms with Crippen molar-refractivity contribution in [3.63, 3.8) is 0 Å². The van der Waals surface area contributed by atoms with E-state index in [2.05, 4.69) is 5.32 Å². The zero-order valence-electron chi connectivity index (χ0n) is 9.65. The molecule has 17 heavy (non-hydrogen) atoms. The van der Waals surface area contributed by atoms with E-state index >= 15 is 0 Å². The van der Waals surface area contributed by atoms with Crippen LogP contribution in [0.1, 0.15) is 12.8 Å². The Morgan fingerprint density at radius 3 is 2.82 bits per heavy atom. The number of nitrogens with two attached hydrogens (primary N) is 1. The van der Waals surface area contributed by atoms with E-state index in [1.54, 1.807) is 6.08 Å². The summed E-state index contributed by atoms with van der Waals surface area (Å²) >= 11 is 0. The molecule has 0 aliphatic carbocycles. The topological polar surface area (TPSA) is 71.1 Å². The van der Waals surface area contributed by atoms with Gasteiger partial charge in [0.1, 0.15) is 5.82 Å². The van der Waals surface area contributed by atoms with Crippen LogP contribution in [0.15, 0.2) is 42.2 Å². The third kappa shape index (κ3) is 3.32. The maximum atomic E-state index is 7.86. The third-order valence-corrected chi connectivity index (χ3v) is 2.65. The first kappa shape index (κ1) is 11.7. The molecule has 1 atom stereocenters. The Bertz CT molecular complexity index is 408. The van der Waals surface area contributed by atoms with E-state index in [9.17, 15) is 0 Å². The minimum absolute atomic E-state index is 0.0916. The van der Waals surface area contributed by atoms with Gasteiger partial charge in [-0.05, 0) is 25.0 Å². The number of rotatable bonds is 4. The van der Waals surface area contributed by atoms with E-state index in [4.69, 9.17) is 15.9 Å². The molecule has 1 aromatic carbocycles. The minimum Gasteiger partial charge on any atom is -0.385 e. The lowest BCUT2D eigenvalue weighted by molar-refractivity contribution is 0.158. The van der Waals surface area contributed by atoms with Crippen molar-refractivity contribution in [1.29, 1.82) is 5.41 Å². The van der Waals surface area contributed by atoms with Gasteiger partial charge in [0.2, 0.25) is 0 Å². The van der Waals surface area contributed by atoms with Crippen LogP contribution in [0.25, 0.3) is 0 Å². The second kappa shape index (κ2) is 5.50. The van der Waals surface area contributed by atoms with Gasteiger partial charge in [-0.3, -0.25) is 0 Å². The summed E-state index contributed by atoms with van der Waals surface area (Å²) in [5, 5.41) is 10.9. The molecule has 0 amide bonds. The zero-order valence-corrected chi connectivity index (χ0v) is 9.65. The summed E-state index contributed by atoms with van der Waals surface area (Å²) in [4.78, 5) is 0. The average molecular weight is 231 g/mol. The van der Waals surface area contributed by atoms with Crippen LogP contribution in [-0.4, -0.2) is 18.4 Å². The predicted molar refractivity (Wildman–Crippen MR) is 69.0 cm³/mol. The molecule has 2 rings (SSSR count). The Balaban J connectivity index is 1.94. The number of para-hydroxylation sites is 1. The average Bonchev–Trinajstić information content (AvgIpc) is 2.83. The van der Waals surface area contributed by atoms with Crippen molar-refractivity contribution in [3.05, 3.63) is 42.2 Å². The van der Waals surface area contributed by atoms with Gasteiger partial charge in [-0.15, -0.1) is 0 Å². The van der Waals surface area contributed by atoms with Crippen molar-refractivity contribution in [2.75, 3.05) is 11.9 Å². The minimum atomic E-state index is -0.0916. The van der Waals surface area contributed by atoms with Crippen molar-refractivity contribution in [2.24, 2.45) is 5.73 Å². The van der Waals surface area contributed by atoms with Crippen LogP contribution in [0.2, 0.25) is 0 Å². The monoisotopic (exact) mass is 231 g/mol. The van der Waals surface area contributed by atoms with Crippen LogP contribution in [0.5, 0.6) is 0 Å². The fourth-order valence-electron chi connectivity index (χ4n) is 1.81. The van der Waals surface area contributed by atoms with Gasteiger partial charge in [-0.25, -0.2) is 0 Å². The van der Waals surface area contributed by atoms with Crippen LogP contribution in [0.3, 0.4) is 0 Å². The molecule has 1 saturated heterocycles. The molecule has 1 aliphatic heterocycles. The summed E-state index contributed by atoms with van der Waals surface area (Å²) in [6.45, 7) is 0.743. The van der Waals surface area contributed by atoms with Crippen molar-refractivity contribution >= 4 is 11.4 Å². The van der Waals surface area contributed by atoms with Gasteiger partial charge in [-0.2, -0.15) is 0 Å². The molecule has 1 aromatic rings. The fraction of sp³-hybridized carbons (Fsp3) is 0.308. The highest BCUT2D eigenvalue weighted by atomic mass is 16.5. The molecule has 1 unspecified atom stereocenters. The second-order valence-corrected chi connectivity index (χ2v) is 4.05. The molecule has 0 bridgehead atoms. The molecule has 1 aliphatic rings. The maximum Gasteiger partial charge on any atom is 0.102 e. The van der Waals surface area contributed by atoms with Crippen LogP contribution in [0, 0.1) is 5.41 Å². The van der Waals surface area contributed by atoms with Crippen molar-refractivity contribution in [3.8, 4) is 0 Å². The second-order valence-electron chi connectivity index (χ2n) is 4.05. The van der Waals surface area contributed by atoms with Gasteiger partial charge in [0.05, 0.1) is 11.8 Å². The number of nitrogens with one attached hydrogen (secondary N) is 2. The highest BCUT2D eigenvalue weighted by Crippen LogP contribution is 2.14.